The molecule has 1 unspecified atom stereocenters. The Bertz CT molecular complexity index is 3050. The van der Waals surface area contributed by atoms with Crippen LogP contribution in [0.15, 0.2) is 102 Å². The summed E-state index contributed by atoms with van der Waals surface area (Å²) in [6, 6.07) is 25.4. The van der Waals surface area contributed by atoms with Gasteiger partial charge in [-0.15, -0.1) is 5.10 Å². The van der Waals surface area contributed by atoms with E-state index in [9.17, 15) is 24.0 Å². The number of methoxy groups -OCH3 is 1. The van der Waals surface area contributed by atoms with Crippen LogP contribution < -0.4 is 35.3 Å². The summed E-state index contributed by atoms with van der Waals surface area (Å²) in [5, 5.41) is 6.72. The molecule has 5 amide bonds. The summed E-state index contributed by atoms with van der Waals surface area (Å²) < 4.78 is 8.25. The van der Waals surface area contributed by atoms with Crippen molar-refractivity contribution in [3.05, 3.63) is 125 Å². The maximum Gasteiger partial charge on any atom is 0.353 e. The summed E-state index contributed by atoms with van der Waals surface area (Å²) in [6.07, 6.45) is 7.03. The number of aryl methyl sites for hydroxylation is 1. The predicted molar refractivity (Wildman–Crippen MR) is 263 cm³/mol. The van der Waals surface area contributed by atoms with Crippen LogP contribution in [0.1, 0.15) is 50.3 Å². The first kappa shape index (κ1) is 45.1. The second kappa shape index (κ2) is 18.1. The number of carbonyl (C=O) groups excluding carboxylic acids is 4. The number of fused-ring (bicyclic) bond motifs is 1. The molecule has 0 saturated carbocycles. The molecule has 4 aliphatic heterocycles. The largest absolute Gasteiger partial charge is 0.467 e. The Labute approximate surface area is 399 Å². The third-order valence-corrected chi connectivity index (χ3v) is 14.1. The lowest BCUT2D eigenvalue weighted by Gasteiger charge is -2.36. The van der Waals surface area contributed by atoms with E-state index in [1.165, 1.54) is 16.4 Å². The first-order chi connectivity index (χ1) is 33.4. The van der Waals surface area contributed by atoms with Crippen LogP contribution in [0.25, 0.3) is 27.9 Å². The van der Waals surface area contributed by atoms with Crippen LogP contribution in [-0.4, -0.2) is 112 Å². The highest BCUT2D eigenvalue weighted by Crippen LogP contribution is 2.46. The monoisotopic (exact) mass is 929 g/mol. The van der Waals surface area contributed by atoms with E-state index in [2.05, 4.69) is 62.5 Å². The number of anilines is 4. The minimum absolute atomic E-state index is 0.117. The number of pyridine rings is 2. The van der Waals surface area contributed by atoms with Gasteiger partial charge in [-0.25, -0.2) is 23.8 Å². The number of nitrogens with zero attached hydrogens (tertiary/aromatic N) is 10. The molecule has 354 valence electrons. The normalized spacial score (nSPS) is 18.3. The van der Waals surface area contributed by atoms with Crippen LogP contribution in [0.4, 0.5) is 27.7 Å². The van der Waals surface area contributed by atoms with Gasteiger partial charge in [-0.2, -0.15) is 0 Å². The molecule has 17 nitrogen and oxygen atoms in total. The fourth-order valence-corrected chi connectivity index (χ4v) is 10.6. The molecule has 69 heavy (non-hydrogen) atoms. The summed E-state index contributed by atoms with van der Waals surface area (Å²) in [5.41, 5.74) is 8.73. The molecular formula is C52H55N11O6. The second-order valence-corrected chi connectivity index (χ2v) is 18.5. The van der Waals surface area contributed by atoms with Crippen LogP contribution in [0, 0.1) is 0 Å². The summed E-state index contributed by atoms with van der Waals surface area (Å²) in [6.45, 7) is 11.1. The summed E-state index contributed by atoms with van der Waals surface area (Å²) in [7, 11) is 3.08. The summed E-state index contributed by atoms with van der Waals surface area (Å²) in [4.78, 5) is 85.0. The topological polar surface area (TPSA) is 171 Å². The number of piperidine rings is 1. The number of hydrogen-bond acceptors (Lipinski definition) is 11. The van der Waals surface area contributed by atoms with Gasteiger partial charge in [0.1, 0.15) is 11.9 Å². The van der Waals surface area contributed by atoms with Crippen molar-refractivity contribution < 1.29 is 23.9 Å². The minimum Gasteiger partial charge on any atom is -0.467 e. The van der Waals surface area contributed by atoms with Crippen molar-refractivity contribution in [3.63, 3.8) is 0 Å². The zero-order valence-corrected chi connectivity index (χ0v) is 39.5. The van der Waals surface area contributed by atoms with Crippen LogP contribution in [0.3, 0.4) is 0 Å². The van der Waals surface area contributed by atoms with Gasteiger partial charge in [0.15, 0.2) is 0 Å². The van der Waals surface area contributed by atoms with Crippen molar-refractivity contribution in [1.82, 2.24) is 34.5 Å². The molecule has 17 heteroatoms. The average Bonchev–Trinajstić information content (AvgIpc) is 3.97. The number of urea groups is 1. The third kappa shape index (κ3) is 7.99. The van der Waals surface area contributed by atoms with Gasteiger partial charge in [-0.3, -0.25) is 44.3 Å². The Morgan fingerprint density at radius 3 is 2.29 bits per heavy atom. The van der Waals surface area contributed by atoms with Crippen molar-refractivity contribution in [1.29, 1.82) is 0 Å². The van der Waals surface area contributed by atoms with Crippen molar-refractivity contribution >= 4 is 46.6 Å². The number of piperazine rings is 1. The maximum atomic E-state index is 13.9. The fourth-order valence-electron chi connectivity index (χ4n) is 10.6. The van der Waals surface area contributed by atoms with E-state index in [0.717, 1.165) is 95.2 Å². The van der Waals surface area contributed by atoms with Gasteiger partial charge in [0.2, 0.25) is 17.7 Å². The Balaban J connectivity index is 0.891. The van der Waals surface area contributed by atoms with E-state index >= 15 is 0 Å². The van der Waals surface area contributed by atoms with Crippen LogP contribution >= 0.6 is 0 Å². The molecule has 3 aromatic carbocycles. The van der Waals surface area contributed by atoms with Crippen molar-refractivity contribution in [3.8, 4) is 34.0 Å². The summed E-state index contributed by atoms with van der Waals surface area (Å²) in [5.74, 6) is -0.225. The fraction of sp³-hybridized carbons (Fsp3) is 0.346. The Morgan fingerprint density at radius 1 is 0.797 bits per heavy atom. The molecular weight excluding hydrogens is 875 g/mol. The van der Waals surface area contributed by atoms with Crippen molar-refractivity contribution in [2.75, 3.05) is 72.5 Å². The van der Waals surface area contributed by atoms with Crippen molar-refractivity contribution in [2.45, 2.75) is 57.9 Å². The molecule has 1 N–H and O–H groups in total. The van der Waals surface area contributed by atoms with E-state index in [1.54, 1.807) is 40.3 Å². The Hall–Kier alpha value is -7.66. The zero-order chi connectivity index (χ0) is 48.1. The maximum absolute atomic E-state index is 13.9. The molecule has 4 aliphatic rings. The van der Waals surface area contributed by atoms with Gasteiger partial charge in [-0.05, 0) is 115 Å². The molecule has 0 bridgehead atoms. The van der Waals surface area contributed by atoms with Crippen LogP contribution in [-0.2, 0) is 39.7 Å². The third-order valence-electron chi connectivity index (χ3n) is 14.1. The highest BCUT2D eigenvalue weighted by molar-refractivity contribution is 6.14. The summed E-state index contributed by atoms with van der Waals surface area (Å²) >= 11 is 0. The molecule has 6 aromatic rings. The van der Waals surface area contributed by atoms with Gasteiger partial charge in [-0.1, -0.05) is 37.3 Å². The van der Waals surface area contributed by atoms with Gasteiger partial charge < -0.3 is 9.64 Å². The van der Waals surface area contributed by atoms with Gasteiger partial charge in [0.25, 0.3) is 0 Å². The highest BCUT2D eigenvalue weighted by atomic mass is 16.5. The van der Waals surface area contributed by atoms with E-state index < -0.39 is 17.4 Å². The molecule has 3 fully saturated rings. The minimum atomic E-state index is -0.804. The average molecular weight is 930 g/mol. The number of nitrogens with one attached hydrogen (secondary N) is 1. The van der Waals surface area contributed by atoms with E-state index in [0.29, 0.717) is 37.4 Å². The molecule has 0 spiro atoms. The molecule has 7 heterocycles. The molecule has 3 aromatic heterocycles. The Kier molecular flexibility index (Phi) is 11.8. The highest BCUT2D eigenvalue weighted by Gasteiger charge is 2.50. The van der Waals surface area contributed by atoms with Crippen LogP contribution in [0.5, 0.6) is 6.01 Å². The SMILES string of the molecule is CCc1c(-c2ccc(-n3c(OC)nn(C)c3=O)cc2-c2ccc(N3CCN(CCc4cccc5c4C(C)(C)C(=O)N5C4CCC(=O)NC4=O)CC3)cc2)ccnc1N1CCN(c2cccnc2)C1=O. The zero-order valence-electron chi connectivity index (χ0n) is 39.5. The lowest BCUT2D eigenvalue weighted by Crippen LogP contribution is -2.55. The second-order valence-electron chi connectivity index (χ2n) is 18.5. The van der Waals surface area contributed by atoms with Crippen molar-refractivity contribution in [2.24, 2.45) is 7.05 Å². The van der Waals surface area contributed by atoms with Crippen LogP contribution in [0.2, 0.25) is 0 Å². The number of ether oxygens (including phenoxy) is 1. The van der Waals surface area contributed by atoms with Gasteiger partial charge >= 0.3 is 17.7 Å². The van der Waals surface area contributed by atoms with E-state index in [1.807, 2.05) is 62.4 Å². The lowest BCUT2D eigenvalue weighted by atomic mass is 9.82. The number of hydrogen-bond donors (Lipinski definition) is 1. The predicted octanol–water partition coefficient (Wildman–Crippen LogP) is 5.51. The molecule has 0 radical (unpaired) electrons. The number of imide groups is 1. The standard InChI is InChI=1S/C52H55N11O6/c1-6-38-40(20-23-54-46(38)61-30-29-60(51(61)68)37-10-8-22-53-32-37)39-17-16-36(62-49(69-5)56-57(4)50(62)67)31-41(39)33-12-14-35(15-13-33)59-27-25-58(26-28-59)24-21-34-9-7-11-42-45(34)52(2,3)48(66)63(42)43-18-19-44(64)55-47(43)65/h7-17,20,22-23,31-32,43H,6,18-19,21,24-30H2,1-5H3,(H,55,64,65). The molecule has 10 rings (SSSR count). The number of benzene rings is 3. The number of amides is 5. The lowest BCUT2D eigenvalue weighted by molar-refractivity contribution is -0.136. The first-order valence-corrected chi connectivity index (χ1v) is 23.6. The molecule has 1 atom stereocenters. The Morgan fingerprint density at radius 2 is 1.57 bits per heavy atom. The molecule has 0 aliphatic carbocycles. The van der Waals surface area contributed by atoms with E-state index in [-0.39, 0.29) is 36.0 Å². The van der Waals surface area contributed by atoms with E-state index in [4.69, 9.17) is 9.72 Å². The first-order valence-electron chi connectivity index (χ1n) is 23.6. The van der Waals surface area contributed by atoms with Gasteiger partial charge in [0.05, 0.1) is 30.1 Å². The quantitative estimate of drug-likeness (QED) is 0.154. The number of aromatic nitrogens is 5. The molecule has 3 saturated heterocycles. The number of carbonyl (C=O) groups is 4. The smallest absolute Gasteiger partial charge is 0.353 e. The number of rotatable bonds is 12. The van der Waals surface area contributed by atoms with Gasteiger partial charge in [0, 0.05) is 88.6 Å².